The van der Waals surface area contributed by atoms with Crippen molar-refractivity contribution >= 4 is 11.7 Å². The Bertz CT molecular complexity index is 985. The van der Waals surface area contributed by atoms with Crippen LogP contribution in [-0.4, -0.2) is 53.9 Å². The summed E-state index contributed by atoms with van der Waals surface area (Å²) in [4.78, 5) is 16.3. The quantitative estimate of drug-likeness (QED) is 0.620. The number of carbonyl (C=O) groups excluding carboxylic acids is 1. The summed E-state index contributed by atoms with van der Waals surface area (Å²) in [6.07, 6.45) is 0. The number of rotatable bonds is 5. The summed E-state index contributed by atoms with van der Waals surface area (Å²) in [5, 5.41) is 4.77. The lowest BCUT2D eigenvalue weighted by Crippen LogP contribution is -2.46. The highest BCUT2D eigenvalue weighted by molar-refractivity contribution is 5.86. The first-order valence-electron chi connectivity index (χ1n) is 9.83. The summed E-state index contributed by atoms with van der Waals surface area (Å²) in [5.74, 6) is 0.589. The van der Waals surface area contributed by atoms with Gasteiger partial charge in [-0.05, 0) is 38.1 Å². The molecular weight excluding hydrogens is 368 g/mol. The van der Waals surface area contributed by atoms with E-state index in [1.54, 1.807) is 6.07 Å². The maximum absolute atomic E-state index is 11.5. The van der Waals surface area contributed by atoms with Crippen molar-refractivity contribution in [2.75, 3.05) is 38.2 Å². The molecule has 1 aliphatic heterocycles. The Morgan fingerprint density at radius 1 is 1.07 bits per heavy atom. The number of ether oxygens (including phenoxy) is 1. The van der Waals surface area contributed by atoms with Crippen LogP contribution >= 0.6 is 0 Å². The van der Waals surface area contributed by atoms with E-state index in [1.807, 2.05) is 28.9 Å². The van der Waals surface area contributed by atoms with Gasteiger partial charge in [0.2, 0.25) is 5.76 Å². The smallest absolute Gasteiger partial charge is 0.373 e. The van der Waals surface area contributed by atoms with Gasteiger partial charge in [-0.25, -0.2) is 9.48 Å². The van der Waals surface area contributed by atoms with Crippen molar-refractivity contribution in [2.24, 2.45) is 0 Å². The summed E-state index contributed by atoms with van der Waals surface area (Å²) in [6.45, 7) is 8.58. The van der Waals surface area contributed by atoms with Crippen molar-refractivity contribution in [2.45, 2.75) is 20.4 Å². The lowest BCUT2D eigenvalue weighted by Gasteiger charge is -2.35. The molecule has 0 radical (unpaired) electrons. The molecule has 1 aliphatic rings. The number of nitrogens with zero attached hydrogens (tertiary/aromatic N) is 4. The highest BCUT2D eigenvalue weighted by Gasteiger charge is 2.24. The molecule has 29 heavy (non-hydrogen) atoms. The number of hydrogen-bond acceptors (Lipinski definition) is 6. The topological polar surface area (TPSA) is 63.7 Å². The van der Waals surface area contributed by atoms with E-state index in [0.717, 1.165) is 49.0 Å². The van der Waals surface area contributed by atoms with E-state index < -0.39 is 5.97 Å². The number of anilines is 1. The van der Waals surface area contributed by atoms with Crippen LogP contribution in [0.2, 0.25) is 0 Å². The number of para-hydroxylation sites is 1. The zero-order valence-electron chi connectivity index (χ0n) is 17.1. The lowest BCUT2D eigenvalue weighted by molar-refractivity contribution is 0.0561. The standard InChI is InChI=1S/C22H26N4O3/c1-16-21(17(2)26(23-16)18-7-5-4-6-8-18)25-13-11-24(12-14-25)15-19-9-10-20(29-19)22(27)28-3/h4-10H,11-15H2,1-3H3. The highest BCUT2D eigenvalue weighted by atomic mass is 16.5. The van der Waals surface area contributed by atoms with Crippen LogP contribution in [0, 0.1) is 13.8 Å². The van der Waals surface area contributed by atoms with E-state index in [0.29, 0.717) is 6.54 Å². The molecule has 152 valence electrons. The largest absolute Gasteiger partial charge is 0.463 e. The van der Waals surface area contributed by atoms with Crippen LogP contribution in [0.5, 0.6) is 0 Å². The van der Waals surface area contributed by atoms with E-state index in [9.17, 15) is 4.79 Å². The highest BCUT2D eigenvalue weighted by Crippen LogP contribution is 2.28. The average molecular weight is 394 g/mol. The summed E-state index contributed by atoms with van der Waals surface area (Å²) >= 11 is 0. The molecule has 0 bridgehead atoms. The van der Waals surface area contributed by atoms with E-state index in [2.05, 4.69) is 35.8 Å². The number of aryl methyl sites for hydroxylation is 1. The maximum Gasteiger partial charge on any atom is 0.373 e. The number of aromatic nitrogens is 2. The molecule has 1 aromatic carbocycles. The monoisotopic (exact) mass is 394 g/mol. The van der Waals surface area contributed by atoms with Crippen LogP contribution in [0.4, 0.5) is 5.69 Å². The summed E-state index contributed by atoms with van der Waals surface area (Å²) in [5.41, 5.74) is 4.51. The van der Waals surface area contributed by atoms with Gasteiger partial charge in [-0.3, -0.25) is 4.90 Å². The Kier molecular flexibility index (Phi) is 5.40. The molecule has 0 aliphatic carbocycles. The van der Waals surface area contributed by atoms with Crippen molar-refractivity contribution in [1.29, 1.82) is 0 Å². The predicted molar refractivity (Wildman–Crippen MR) is 111 cm³/mol. The Morgan fingerprint density at radius 2 is 1.79 bits per heavy atom. The summed E-state index contributed by atoms with van der Waals surface area (Å²) in [7, 11) is 1.35. The van der Waals surface area contributed by atoms with Crippen molar-refractivity contribution in [1.82, 2.24) is 14.7 Å². The second kappa shape index (κ2) is 8.13. The van der Waals surface area contributed by atoms with Crippen LogP contribution in [0.25, 0.3) is 5.69 Å². The van der Waals surface area contributed by atoms with Gasteiger partial charge in [0.15, 0.2) is 0 Å². The molecular formula is C22H26N4O3. The van der Waals surface area contributed by atoms with Crippen LogP contribution in [0.1, 0.15) is 27.7 Å². The van der Waals surface area contributed by atoms with Crippen molar-refractivity contribution in [3.8, 4) is 5.69 Å². The number of methoxy groups -OCH3 is 1. The second-order valence-electron chi connectivity index (χ2n) is 7.29. The molecule has 7 heteroatoms. The minimum absolute atomic E-state index is 0.251. The van der Waals surface area contributed by atoms with Crippen LogP contribution < -0.4 is 4.90 Å². The number of piperazine rings is 1. The number of furan rings is 1. The normalized spacial score (nSPS) is 14.9. The minimum Gasteiger partial charge on any atom is -0.463 e. The first-order chi connectivity index (χ1) is 14.1. The van der Waals surface area contributed by atoms with E-state index in [4.69, 9.17) is 14.3 Å². The van der Waals surface area contributed by atoms with Gasteiger partial charge >= 0.3 is 5.97 Å². The third-order valence-electron chi connectivity index (χ3n) is 5.37. The Morgan fingerprint density at radius 3 is 2.48 bits per heavy atom. The van der Waals surface area contributed by atoms with E-state index in [-0.39, 0.29) is 5.76 Å². The molecule has 7 nitrogen and oxygen atoms in total. The fourth-order valence-electron chi connectivity index (χ4n) is 3.94. The van der Waals surface area contributed by atoms with Gasteiger partial charge in [0.1, 0.15) is 5.76 Å². The molecule has 0 saturated carbocycles. The van der Waals surface area contributed by atoms with E-state index >= 15 is 0 Å². The Labute approximate surface area is 170 Å². The molecule has 1 saturated heterocycles. The molecule has 3 heterocycles. The number of esters is 1. The van der Waals surface area contributed by atoms with Gasteiger partial charge in [-0.2, -0.15) is 5.10 Å². The van der Waals surface area contributed by atoms with Crippen LogP contribution in [0.15, 0.2) is 46.9 Å². The molecule has 3 aromatic rings. The third kappa shape index (κ3) is 3.91. The van der Waals surface area contributed by atoms with Gasteiger partial charge in [-0.1, -0.05) is 18.2 Å². The summed E-state index contributed by atoms with van der Waals surface area (Å²) < 4.78 is 12.3. The zero-order chi connectivity index (χ0) is 20.4. The predicted octanol–water partition coefficient (Wildman–Crippen LogP) is 3.19. The van der Waals surface area contributed by atoms with Gasteiger partial charge < -0.3 is 14.1 Å². The molecule has 0 unspecified atom stereocenters. The fraction of sp³-hybridized carbons (Fsp3) is 0.364. The zero-order valence-corrected chi connectivity index (χ0v) is 17.1. The Hall–Kier alpha value is -3.06. The van der Waals surface area contributed by atoms with Crippen molar-refractivity contribution in [3.05, 3.63) is 65.4 Å². The Balaban J connectivity index is 1.42. The van der Waals surface area contributed by atoms with Crippen LogP contribution in [0.3, 0.4) is 0 Å². The molecule has 0 N–H and O–H groups in total. The number of benzene rings is 1. The SMILES string of the molecule is COC(=O)c1ccc(CN2CCN(c3c(C)nn(-c4ccccc4)c3C)CC2)o1. The van der Waals surface area contributed by atoms with E-state index in [1.165, 1.54) is 12.8 Å². The molecule has 0 spiro atoms. The van der Waals surface area contributed by atoms with Crippen molar-refractivity contribution in [3.63, 3.8) is 0 Å². The fourth-order valence-corrected chi connectivity index (χ4v) is 3.94. The molecule has 2 aromatic heterocycles. The third-order valence-corrected chi connectivity index (χ3v) is 5.37. The van der Waals surface area contributed by atoms with Gasteiger partial charge in [0.05, 0.1) is 36.4 Å². The molecule has 0 amide bonds. The minimum atomic E-state index is -0.442. The van der Waals surface area contributed by atoms with Gasteiger partial charge in [0.25, 0.3) is 0 Å². The molecule has 1 fully saturated rings. The maximum atomic E-state index is 11.5. The molecule has 4 rings (SSSR count). The second-order valence-corrected chi connectivity index (χ2v) is 7.29. The summed E-state index contributed by atoms with van der Waals surface area (Å²) in [6, 6.07) is 13.7. The first-order valence-corrected chi connectivity index (χ1v) is 9.83. The molecule has 0 atom stereocenters. The van der Waals surface area contributed by atoms with Gasteiger partial charge in [-0.15, -0.1) is 0 Å². The average Bonchev–Trinajstić information content (AvgIpc) is 3.33. The van der Waals surface area contributed by atoms with Crippen molar-refractivity contribution < 1.29 is 13.9 Å². The first kappa shape index (κ1) is 19.3. The van der Waals surface area contributed by atoms with Crippen LogP contribution in [-0.2, 0) is 11.3 Å². The number of carbonyl (C=O) groups is 1. The lowest BCUT2D eigenvalue weighted by atomic mass is 10.2. The van der Waals surface area contributed by atoms with Gasteiger partial charge in [0, 0.05) is 26.2 Å². The number of hydrogen-bond donors (Lipinski definition) is 0.